The number of carbonyl (C=O) groups is 2. The Labute approximate surface area is 192 Å². The fourth-order valence-electron chi connectivity index (χ4n) is 4.63. The number of fused-ring (bicyclic) bond motifs is 1. The summed E-state index contributed by atoms with van der Waals surface area (Å²) in [6, 6.07) is 1.41. The lowest BCUT2D eigenvalue weighted by Gasteiger charge is -2.24. The molecular formula is C23H29ClFN3O4. The number of carbonyl (C=O) groups excluding carboxylic acids is 1. The molecule has 9 heteroatoms. The molecule has 3 heterocycles. The number of amides is 1. The van der Waals surface area contributed by atoms with E-state index in [0.717, 1.165) is 29.0 Å². The molecule has 2 aliphatic rings. The highest BCUT2D eigenvalue weighted by Crippen LogP contribution is 2.44. The van der Waals surface area contributed by atoms with Crippen LogP contribution in [-0.2, 0) is 4.79 Å². The third-order valence-electron chi connectivity index (χ3n) is 6.15. The molecule has 2 aromatic heterocycles. The predicted octanol–water partition coefficient (Wildman–Crippen LogP) is 3.49. The van der Waals surface area contributed by atoms with Gasteiger partial charge in [0, 0.05) is 25.6 Å². The molecular weight excluding hydrogens is 437 g/mol. The smallest absolute Gasteiger partial charge is 0.341 e. The number of carboxylic acid groups (broad SMARTS) is 1. The van der Waals surface area contributed by atoms with Crippen molar-refractivity contribution in [1.82, 2.24) is 9.72 Å². The highest BCUT2D eigenvalue weighted by atomic mass is 35.5. The fourth-order valence-corrected chi connectivity index (χ4v) is 4.63. The number of hydrogen-bond donors (Lipinski definition) is 2. The minimum atomic E-state index is -1.30. The van der Waals surface area contributed by atoms with Crippen molar-refractivity contribution in [3.63, 3.8) is 0 Å². The number of aryl methyl sites for hydroxylation is 1. The SMILES string of the molecule is Cc1c(N2CC[C@H](NC(=O)CC(C)C)C2)c(F)cn2c(=O)c(C(=O)O)cc(C3CC3)c12.Cl. The Kier molecular flexibility index (Phi) is 6.83. The van der Waals surface area contributed by atoms with Crippen molar-refractivity contribution in [2.45, 2.75) is 58.4 Å². The lowest BCUT2D eigenvalue weighted by atomic mass is 10.0. The van der Waals surface area contributed by atoms with Gasteiger partial charge in [0.1, 0.15) is 5.56 Å². The maximum absolute atomic E-state index is 15.2. The average molecular weight is 466 g/mol. The molecule has 2 aromatic rings. The van der Waals surface area contributed by atoms with Gasteiger partial charge < -0.3 is 15.3 Å². The van der Waals surface area contributed by atoms with Crippen molar-refractivity contribution in [1.29, 1.82) is 0 Å². The molecule has 2 fully saturated rings. The zero-order chi connectivity index (χ0) is 22.4. The number of aromatic carboxylic acids is 1. The molecule has 1 aliphatic carbocycles. The highest BCUT2D eigenvalue weighted by molar-refractivity contribution is 5.89. The van der Waals surface area contributed by atoms with Crippen molar-refractivity contribution in [3.05, 3.63) is 45.1 Å². The molecule has 0 bridgehead atoms. The molecule has 1 aliphatic heterocycles. The van der Waals surface area contributed by atoms with E-state index in [2.05, 4.69) is 5.32 Å². The fraction of sp³-hybridized carbons (Fsp3) is 0.522. The summed E-state index contributed by atoms with van der Waals surface area (Å²) < 4.78 is 16.4. The average Bonchev–Trinajstić information content (AvgIpc) is 3.42. The molecule has 4 rings (SSSR count). The van der Waals surface area contributed by atoms with Crippen LogP contribution < -0.4 is 15.8 Å². The number of anilines is 1. The summed E-state index contributed by atoms with van der Waals surface area (Å²) in [7, 11) is 0. The van der Waals surface area contributed by atoms with Gasteiger partial charge in [-0.3, -0.25) is 14.0 Å². The van der Waals surface area contributed by atoms with Gasteiger partial charge in [0.05, 0.1) is 17.4 Å². The van der Waals surface area contributed by atoms with Crippen LogP contribution in [0.15, 0.2) is 17.1 Å². The lowest BCUT2D eigenvalue weighted by molar-refractivity contribution is -0.122. The van der Waals surface area contributed by atoms with Crippen molar-refractivity contribution >= 4 is 35.5 Å². The summed E-state index contributed by atoms with van der Waals surface area (Å²) in [5.41, 5.74) is 1.38. The maximum Gasteiger partial charge on any atom is 0.341 e. The minimum Gasteiger partial charge on any atom is -0.477 e. The van der Waals surface area contributed by atoms with Crippen LogP contribution >= 0.6 is 12.4 Å². The number of nitrogens with one attached hydrogen (secondary N) is 1. The summed E-state index contributed by atoms with van der Waals surface area (Å²) in [4.78, 5) is 38.3. The van der Waals surface area contributed by atoms with Gasteiger partial charge in [-0.1, -0.05) is 13.8 Å². The van der Waals surface area contributed by atoms with Gasteiger partial charge in [-0.25, -0.2) is 9.18 Å². The molecule has 0 unspecified atom stereocenters. The van der Waals surface area contributed by atoms with Crippen LogP contribution in [0.1, 0.15) is 66.9 Å². The van der Waals surface area contributed by atoms with E-state index in [1.165, 1.54) is 6.07 Å². The zero-order valence-corrected chi connectivity index (χ0v) is 19.3. The standard InChI is InChI=1S/C23H28FN3O4.ClH/c1-12(2)8-19(28)25-15-6-7-26(10-15)21-13(3)20-16(14-4-5-14)9-17(23(30)31)22(29)27(20)11-18(21)24;/h9,11-12,14-15H,4-8,10H2,1-3H3,(H,25,28)(H,30,31);1H/t15-;/m0./s1. The van der Waals surface area contributed by atoms with E-state index in [1.54, 1.807) is 6.92 Å². The molecule has 0 aromatic carbocycles. The zero-order valence-electron chi connectivity index (χ0n) is 18.5. The van der Waals surface area contributed by atoms with Crippen LogP contribution in [0.3, 0.4) is 0 Å². The number of rotatable bonds is 6. The van der Waals surface area contributed by atoms with Gasteiger partial charge in [-0.2, -0.15) is 0 Å². The molecule has 174 valence electrons. The monoisotopic (exact) mass is 465 g/mol. The van der Waals surface area contributed by atoms with E-state index in [9.17, 15) is 19.5 Å². The Balaban J connectivity index is 0.00000289. The number of halogens is 2. The van der Waals surface area contributed by atoms with Crippen molar-refractivity contribution in [2.24, 2.45) is 5.92 Å². The first-order chi connectivity index (χ1) is 14.7. The lowest BCUT2D eigenvalue weighted by Crippen LogP contribution is -2.37. The quantitative estimate of drug-likeness (QED) is 0.681. The van der Waals surface area contributed by atoms with Crippen LogP contribution in [-0.4, -0.2) is 40.5 Å². The van der Waals surface area contributed by atoms with Gasteiger partial charge >= 0.3 is 5.97 Å². The molecule has 0 spiro atoms. The first-order valence-electron chi connectivity index (χ1n) is 10.8. The van der Waals surface area contributed by atoms with Crippen molar-refractivity contribution in [2.75, 3.05) is 18.0 Å². The van der Waals surface area contributed by atoms with Crippen LogP contribution in [0, 0.1) is 18.7 Å². The number of aromatic nitrogens is 1. The summed E-state index contributed by atoms with van der Waals surface area (Å²) in [6.45, 7) is 6.85. The van der Waals surface area contributed by atoms with Crippen LogP contribution in [0.4, 0.5) is 10.1 Å². The van der Waals surface area contributed by atoms with Crippen LogP contribution in [0.2, 0.25) is 0 Å². The second-order valence-corrected chi connectivity index (χ2v) is 9.16. The number of pyridine rings is 2. The summed E-state index contributed by atoms with van der Waals surface area (Å²) in [6.07, 6.45) is 4.13. The predicted molar refractivity (Wildman–Crippen MR) is 123 cm³/mol. The normalized spacial score (nSPS) is 18.2. The van der Waals surface area contributed by atoms with Gasteiger partial charge in [-0.05, 0) is 55.2 Å². The molecule has 1 saturated carbocycles. The Morgan fingerprint density at radius 3 is 2.56 bits per heavy atom. The Morgan fingerprint density at radius 1 is 1.28 bits per heavy atom. The van der Waals surface area contributed by atoms with E-state index >= 15 is 4.39 Å². The molecule has 32 heavy (non-hydrogen) atoms. The van der Waals surface area contributed by atoms with E-state index in [-0.39, 0.29) is 41.8 Å². The number of carboxylic acids is 1. The summed E-state index contributed by atoms with van der Waals surface area (Å²) >= 11 is 0. The Bertz CT molecular complexity index is 1130. The Hall–Kier alpha value is -2.61. The van der Waals surface area contributed by atoms with E-state index in [0.29, 0.717) is 42.7 Å². The van der Waals surface area contributed by atoms with Crippen molar-refractivity contribution < 1.29 is 19.1 Å². The van der Waals surface area contributed by atoms with E-state index < -0.39 is 17.3 Å². The minimum absolute atomic E-state index is 0. The highest BCUT2D eigenvalue weighted by Gasteiger charge is 2.32. The number of hydrogen-bond acceptors (Lipinski definition) is 4. The third-order valence-corrected chi connectivity index (χ3v) is 6.15. The molecule has 1 atom stereocenters. The molecule has 2 N–H and O–H groups in total. The van der Waals surface area contributed by atoms with Gasteiger partial charge in [-0.15, -0.1) is 12.4 Å². The summed E-state index contributed by atoms with van der Waals surface area (Å²) in [5, 5.41) is 12.5. The summed E-state index contributed by atoms with van der Waals surface area (Å²) in [5.74, 6) is -1.41. The second-order valence-electron chi connectivity index (χ2n) is 9.16. The number of nitrogens with zero attached hydrogens (tertiary/aromatic N) is 2. The Morgan fingerprint density at radius 2 is 1.97 bits per heavy atom. The third kappa shape index (κ3) is 4.46. The van der Waals surface area contributed by atoms with Crippen LogP contribution in [0.25, 0.3) is 5.52 Å². The van der Waals surface area contributed by atoms with Crippen molar-refractivity contribution in [3.8, 4) is 0 Å². The molecule has 0 radical (unpaired) electrons. The topological polar surface area (TPSA) is 91.1 Å². The molecule has 1 saturated heterocycles. The molecule has 7 nitrogen and oxygen atoms in total. The second kappa shape index (κ2) is 9.10. The first kappa shape index (κ1) is 24.0. The first-order valence-corrected chi connectivity index (χ1v) is 10.8. The van der Waals surface area contributed by atoms with E-state index in [4.69, 9.17) is 0 Å². The largest absolute Gasteiger partial charge is 0.477 e. The van der Waals surface area contributed by atoms with Gasteiger partial charge in [0.15, 0.2) is 5.82 Å². The molecule has 1 amide bonds. The van der Waals surface area contributed by atoms with Gasteiger partial charge in [0.2, 0.25) is 5.91 Å². The van der Waals surface area contributed by atoms with E-state index in [1.807, 2.05) is 18.7 Å². The van der Waals surface area contributed by atoms with Crippen LogP contribution in [0.5, 0.6) is 0 Å². The van der Waals surface area contributed by atoms with Gasteiger partial charge in [0.25, 0.3) is 5.56 Å². The maximum atomic E-state index is 15.2.